The molecule has 0 radical (unpaired) electrons. The number of piperazine rings is 1. The summed E-state index contributed by atoms with van der Waals surface area (Å²) in [6, 6.07) is 10.9. The van der Waals surface area contributed by atoms with Gasteiger partial charge in [-0.15, -0.1) is 0 Å². The fourth-order valence-electron chi connectivity index (χ4n) is 7.01. The van der Waals surface area contributed by atoms with Crippen molar-refractivity contribution in [1.29, 1.82) is 0 Å². The van der Waals surface area contributed by atoms with Crippen LogP contribution in [0.4, 0.5) is 23.0 Å². The standard InChI is InChI=1S/C32H45N7/c1-23-21-29(33)30(25-6-2-3-7-25)31-28(23)22-35-32(37-31)36-26-8-10-27(11-9-26)39-17-12-24(13-18-39)5-4-16-38-19-14-34-15-20-38/h8-11,21-22,24-25,34H,2-7,12-20,33H2,1H3,(H,35,36,37). The van der Waals surface area contributed by atoms with Gasteiger partial charge in [-0.05, 0) is 99.7 Å². The molecular formula is C32H45N7. The van der Waals surface area contributed by atoms with Crippen molar-refractivity contribution in [2.24, 2.45) is 5.92 Å². The third-order valence-corrected chi connectivity index (χ3v) is 9.31. The van der Waals surface area contributed by atoms with E-state index in [1.807, 2.05) is 6.20 Å². The zero-order valence-corrected chi connectivity index (χ0v) is 23.6. The third kappa shape index (κ3) is 6.15. The van der Waals surface area contributed by atoms with Gasteiger partial charge in [-0.3, -0.25) is 0 Å². The normalized spacial score (nSPS) is 19.7. The summed E-state index contributed by atoms with van der Waals surface area (Å²) in [6.45, 7) is 10.4. The smallest absolute Gasteiger partial charge is 0.227 e. The predicted octanol–water partition coefficient (Wildman–Crippen LogP) is 5.82. The summed E-state index contributed by atoms with van der Waals surface area (Å²) < 4.78 is 0. The number of nitrogens with two attached hydrogens (primary N) is 1. The van der Waals surface area contributed by atoms with Crippen molar-refractivity contribution in [1.82, 2.24) is 20.2 Å². The molecule has 4 N–H and O–H groups in total. The number of aromatic nitrogens is 2. The minimum Gasteiger partial charge on any atom is -0.398 e. The molecule has 0 spiro atoms. The summed E-state index contributed by atoms with van der Waals surface area (Å²) in [7, 11) is 0. The van der Waals surface area contributed by atoms with E-state index in [0.29, 0.717) is 11.9 Å². The molecule has 1 aliphatic carbocycles. The highest BCUT2D eigenvalue weighted by molar-refractivity contribution is 5.90. The second-order valence-corrected chi connectivity index (χ2v) is 12.0. The van der Waals surface area contributed by atoms with Crippen molar-refractivity contribution in [3.8, 4) is 0 Å². The van der Waals surface area contributed by atoms with Crippen LogP contribution in [0.5, 0.6) is 0 Å². The molecule has 6 rings (SSSR count). The Hall–Kier alpha value is -2.90. The van der Waals surface area contributed by atoms with Crippen molar-refractivity contribution in [2.75, 3.05) is 61.8 Å². The predicted molar refractivity (Wildman–Crippen MR) is 163 cm³/mol. The van der Waals surface area contributed by atoms with Crippen molar-refractivity contribution in [3.63, 3.8) is 0 Å². The van der Waals surface area contributed by atoms with E-state index < -0.39 is 0 Å². The van der Waals surface area contributed by atoms with Crippen LogP contribution in [0.1, 0.15) is 68.4 Å². The molecule has 1 aromatic heterocycles. The Labute approximate surface area is 233 Å². The quantitative estimate of drug-likeness (QED) is 0.318. The van der Waals surface area contributed by atoms with Gasteiger partial charge in [0.1, 0.15) is 0 Å². The minimum atomic E-state index is 0.506. The summed E-state index contributed by atoms with van der Waals surface area (Å²) in [5, 5.41) is 8.01. The van der Waals surface area contributed by atoms with E-state index in [4.69, 9.17) is 10.7 Å². The molecule has 3 aliphatic rings. The number of benzene rings is 2. The fourth-order valence-corrected chi connectivity index (χ4v) is 7.01. The Bertz CT molecular complexity index is 1240. The van der Waals surface area contributed by atoms with E-state index >= 15 is 0 Å². The summed E-state index contributed by atoms with van der Waals surface area (Å²) in [6.07, 6.45) is 12.2. The summed E-state index contributed by atoms with van der Waals surface area (Å²) in [5.41, 5.74) is 13.1. The second-order valence-electron chi connectivity index (χ2n) is 12.0. The number of anilines is 4. The monoisotopic (exact) mass is 527 g/mol. The first-order valence-corrected chi connectivity index (χ1v) is 15.2. The Kier molecular flexibility index (Phi) is 8.16. The molecule has 7 heteroatoms. The van der Waals surface area contributed by atoms with Gasteiger partial charge < -0.3 is 26.2 Å². The van der Waals surface area contributed by atoms with Gasteiger partial charge >= 0.3 is 0 Å². The van der Waals surface area contributed by atoms with Gasteiger partial charge in [-0.25, -0.2) is 9.97 Å². The fraction of sp³-hybridized carbons (Fsp3) is 0.562. The topological polar surface area (TPSA) is 82.3 Å². The maximum Gasteiger partial charge on any atom is 0.227 e. The lowest BCUT2D eigenvalue weighted by molar-refractivity contribution is 0.227. The van der Waals surface area contributed by atoms with E-state index in [1.54, 1.807) is 0 Å². The Balaban J connectivity index is 1.06. The molecule has 1 saturated carbocycles. The van der Waals surface area contributed by atoms with E-state index in [-0.39, 0.29) is 0 Å². The number of hydrogen-bond acceptors (Lipinski definition) is 7. The van der Waals surface area contributed by atoms with E-state index in [9.17, 15) is 0 Å². The van der Waals surface area contributed by atoms with Crippen molar-refractivity contribution in [2.45, 2.75) is 64.2 Å². The Morgan fingerprint density at radius 2 is 1.74 bits per heavy atom. The van der Waals surface area contributed by atoms with Crippen LogP contribution in [0.2, 0.25) is 0 Å². The van der Waals surface area contributed by atoms with Crippen LogP contribution in [0.3, 0.4) is 0 Å². The van der Waals surface area contributed by atoms with E-state index in [0.717, 1.165) is 59.9 Å². The maximum atomic E-state index is 6.53. The zero-order valence-electron chi connectivity index (χ0n) is 23.6. The summed E-state index contributed by atoms with van der Waals surface area (Å²) in [4.78, 5) is 14.8. The highest BCUT2D eigenvalue weighted by Crippen LogP contribution is 2.41. The lowest BCUT2D eigenvalue weighted by Gasteiger charge is -2.34. The van der Waals surface area contributed by atoms with Crippen molar-refractivity contribution in [3.05, 3.63) is 47.7 Å². The molecule has 7 nitrogen and oxygen atoms in total. The molecule has 2 aliphatic heterocycles. The molecule has 208 valence electrons. The lowest BCUT2D eigenvalue weighted by Crippen LogP contribution is -2.43. The van der Waals surface area contributed by atoms with E-state index in [2.05, 4.69) is 62.7 Å². The minimum absolute atomic E-state index is 0.506. The lowest BCUT2D eigenvalue weighted by atomic mass is 9.92. The molecule has 0 unspecified atom stereocenters. The molecule has 0 atom stereocenters. The molecule has 3 heterocycles. The maximum absolute atomic E-state index is 6.53. The number of piperidine rings is 1. The third-order valence-electron chi connectivity index (χ3n) is 9.31. The van der Waals surface area contributed by atoms with Crippen LogP contribution in [0, 0.1) is 12.8 Å². The first kappa shape index (κ1) is 26.3. The Morgan fingerprint density at radius 3 is 2.49 bits per heavy atom. The molecule has 2 aromatic carbocycles. The van der Waals surface area contributed by atoms with Gasteiger partial charge in [-0.2, -0.15) is 0 Å². The summed E-state index contributed by atoms with van der Waals surface area (Å²) in [5.74, 6) is 2.02. The average molecular weight is 528 g/mol. The van der Waals surface area contributed by atoms with Crippen LogP contribution in [0.15, 0.2) is 36.5 Å². The van der Waals surface area contributed by atoms with Crippen molar-refractivity contribution < 1.29 is 0 Å². The van der Waals surface area contributed by atoms with Crippen LogP contribution in [-0.4, -0.2) is 60.7 Å². The van der Waals surface area contributed by atoms with Crippen LogP contribution in [0.25, 0.3) is 10.9 Å². The molecule has 0 amide bonds. The van der Waals surface area contributed by atoms with Crippen molar-refractivity contribution >= 4 is 33.9 Å². The Morgan fingerprint density at radius 1 is 1.00 bits per heavy atom. The molecule has 2 saturated heterocycles. The van der Waals surface area contributed by atoms with Gasteiger partial charge in [0, 0.05) is 73.5 Å². The SMILES string of the molecule is Cc1cc(N)c(C2CCCC2)c2nc(Nc3ccc(N4CCC(CCCN5CCNCC5)CC4)cc3)ncc12. The van der Waals surface area contributed by atoms with Gasteiger partial charge in [0.25, 0.3) is 0 Å². The first-order chi connectivity index (χ1) is 19.1. The molecular weight excluding hydrogens is 482 g/mol. The molecule has 3 aromatic rings. The second kappa shape index (κ2) is 12.1. The van der Waals surface area contributed by atoms with Crippen LogP contribution < -0.4 is 21.3 Å². The van der Waals surface area contributed by atoms with Gasteiger partial charge in [-0.1, -0.05) is 12.8 Å². The summed E-state index contributed by atoms with van der Waals surface area (Å²) >= 11 is 0. The number of hydrogen-bond donors (Lipinski definition) is 3. The molecule has 3 fully saturated rings. The first-order valence-electron chi connectivity index (χ1n) is 15.2. The largest absolute Gasteiger partial charge is 0.398 e. The van der Waals surface area contributed by atoms with Gasteiger partial charge in [0.05, 0.1) is 5.52 Å². The number of aryl methyl sites for hydroxylation is 1. The number of rotatable bonds is 8. The van der Waals surface area contributed by atoms with Crippen LogP contribution in [-0.2, 0) is 0 Å². The average Bonchev–Trinajstić information content (AvgIpc) is 3.49. The highest BCUT2D eigenvalue weighted by atomic mass is 15.2. The number of nitrogen functional groups attached to an aromatic ring is 1. The number of fused-ring (bicyclic) bond motifs is 1. The number of nitrogens with one attached hydrogen (secondary N) is 2. The number of nitrogens with zero attached hydrogens (tertiary/aromatic N) is 4. The van der Waals surface area contributed by atoms with Crippen LogP contribution >= 0.6 is 0 Å². The van der Waals surface area contributed by atoms with Gasteiger partial charge in [0.15, 0.2) is 0 Å². The zero-order chi connectivity index (χ0) is 26.6. The molecule has 0 bridgehead atoms. The van der Waals surface area contributed by atoms with Gasteiger partial charge in [0.2, 0.25) is 5.95 Å². The van der Waals surface area contributed by atoms with E-state index in [1.165, 1.54) is 82.3 Å². The molecule has 39 heavy (non-hydrogen) atoms. The highest BCUT2D eigenvalue weighted by Gasteiger charge is 2.24.